The maximum absolute atomic E-state index is 12.6. The molecule has 1 aliphatic heterocycles. The lowest BCUT2D eigenvalue weighted by atomic mass is 10.1. The van der Waals surface area contributed by atoms with Crippen LogP contribution in [0.3, 0.4) is 0 Å². The van der Waals surface area contributed by atoms with E-state index in [0.717, 1.165) is 24.5 Å². The summed E-state index contributed by atoms with van der Waals surface area (Å²) in [6.07, 6.45) is 1.62. The van der Waals surface area contributed by atoms with Crippen LogP contribution in [0.1, 0.15) is 70.6 Å². The number of unbranched alkanes of at least 4 members (excludes halogenated alkanes) is 4. The number of phosphoric ester groups is 1. The fourth-order valence-corrected chi connectivity index (χ4v) is 5.26. The number of H-pyrrole nitrogens is 1. The smallest absolute Gasteiger partial charge is 0.453 e. The zero-order valence-corrected chi connectivity index (χ0v) is 26.5. The van der Waals surface area contributed by atoms with Gasteiger partial charge in [0.05, 0.1) is 20.8 Å². The second-order valence-electron chi connectivity index (χ2n) is 10.2. The van der Waals surface area contributed by atoms with E-state index in [4.69, 9.17) is 9.26 Å². The second kappa shape index (κ2) is 20.8. The molecule has 2 heterocycles. The Labute approximate surface area is 267 Å². The number of rotatable bonds is 19. The van der Waals surface area contributed by atoms with Gasteiger partial charge in [-0.2, -0.15) is 0 Å². The molecule has 2 unspecified atom stereocenters. The highest BCUT2D eigenvalue weighted by atomic mass is 31.2. The van der Waals surface area contributed by atoms with Crippen LogP contribution in [-0.4, -0.2) is 96.9 Å². The fraction of sp³-hybridized carbons (Fsp3) is 0.741. The SMILES string of the molecule is C.COC(=O)NCCCCC(NC(=O)OC)C(=O)NCCCCCCc1cn([C@@H]2C[C@H](OP(=O)(O)OC)[C@H](CO)O2)c(=O)[nH]c1=O. The third-order valence-corrected chi connectivity index (χ3v) is 8.05. The number of aryl methyl sites for hydroxylation is 1. The van der Waals surface area contributed by atoms with Gasteiger partial charge in [-0.1, -0.05) is 20.3 Å². The van der Waals surface area contributed by atoms with Crippen molar-refractivity contribution in [3.8, 4) is 0 Å². The number of hydrogen-bond donors (Lipinski definition) is 6. The first kappa shape index (κ1) is 40.7. The minimum Gasteiger partial charge on any atom is -0.453 e. The molecule has 46 heavy (non-hydrogen) atoms. The summed E-state index contributed by atoms with van der Waals surface area (Å²) in [6.45, 7) is 0.199. The van der Waals surface area contributed by atoms with E-state index < -0.39 is 62.3 Å². The van der Waals surface area contributed by atoms with Crippen LogP contribution in [0, 0.1) is 0 Å². The van der Waals surface area contributed by atoms with Crippen LogP contribution in [0.5, 0.6) is 0 Å². The van der Waals surface area contributed by atoms with Crippen molar-refractivity contribution in [3.05, 3.63) is 32.6 Å². The Bertz CT molecular complexity index is 1270. The standard InChI is InChI=1S/C26H44N5O13P.CH4/c1-40-25(36)28-13-9-7-11-18(29-26(37)41-2)23(34)27-12-8-5-4-6-10-17-15-31(24(35)30-22(17)33)21-14-19(20(16-32)43-21)44-45(38,39)42-3;/h15,18-21,32H,4-14,16H2,1-3H3,(H,27,34)(H,28,36)(H,29,37)(H,38,39)(H,30,33,35);1H4/t18?,19-,20-,21-;/m0./s1. The van der Waals surface area contributed by atoms with Gasteiger partial charge in [0.2, 0.25) is 5.91 Å². The summed E-state index contributed by atoms with van der Waals surface area (Å²) in [4.78, 5) is 72.2. The van der Waals surface area contributed by atoms with Crippen molar-refractivity contribution in [2.75, 3.05) is 41.0 Å². The lowest BCUT2D eigenvalue weighted by molar-refractivity contribution is -0.123. The Kier molecular flexibility index (Phi) is 18.4. The minimum absolute atomic E-state index is 0. The maximum Gasteiger partial charge on any atom is 0.472 e. The van der Waals surface area contributed by atoms with E-state index >= 15 is 0 Å². The van der Waals surface area contributed by atoms with E-state index in [1.807, 2.05) is 0 Å². The number of amides is 3. The molecule has 1 saturated heterocycles. The normalized spacial score (nSPS) is 19.3. The van der Waals surface area contributed by atoms with Gasteiger partial charge in [0.1, 0.15) is 24.5 Å². The highest BCUT2D eigenvalue weighted by Gasteiger charge is 2.41. The molecule has 2 rings (SSSR count). The van der Waals surface area contributed by atoms with Crippen LogP contribution in [0.2, 0.25) is 0 Å². The maximum atomic E-state index is 12.6. The predicted octanol–water partition coefficient (Wildman–Crippen LogP) is 1.05. The molecule has 0 saturated carbocycles. The largest absolute Gasteiger partial charge is 0.472 e. The van der Waals surface area contributed by atoms with Crippen molar-refractivity contribution >= 4 is 25.9 Å². The van der Waals surface area contributed by atoms with Crippen molar-refractivity contribution in [3.63, 3.8) is 0 Å². The number of ether oxygens (including phenoxy) is 3. The molecule has 5 atom stereocenters. The number of alkyl carbamates (subject to hydrolysis) is 2. The molecule has 264 valence electrons. The topological polar surface area (TPSA) is 246 Å². The number of nitrogens with one attached hydrogen (secondary N) is 4. The lowest BCUT2D eigenvalue weighted by Gasteiger charge is -2.18. The third kappa shape index (κ3) is 13.6. The van der Waals surface area contributed by atoms with Gasteiger partial charge in [-0.25, -0.2) is 18.9 Å². The minimum atomic E-state index is -4.37. The molecule has 0 bridgehead atoms. The number of aliphatic hydroxyl groups is 1. The first-order chi connectivity index (χ1) is 21.4. The van der Waals surface area contributed by atoms with Crippen LogP contribution in [0.4, 0.5) is 9.59 Å². The first-order valence-electron chi connectivity index (χ1n) is 14.6. The molecule has 0 radical (unpaired) electrons. The Hall–Kier alpha value is -3.28. The van der Waals surface area contributed by atoms with Gasteiger partial charge in [-0.05, 0) is 38.5 Å². The van der Waals surface area contributed by atoms with Crippen LogP contribution < -0.4 is 27.2 Å². The first-order valence-corrected chi connectivity index (χ1v) is 16.1. The van der Waals surface area contributed by atoms with E-state index in [9.17, 15) is 38.5 Å². The third-order valence-electron chi connectivity index (χ3n) is 7.05. The zero-order valence-electron chi connectivity index (χ0n) is 25.7. The number of nitrogens with zero attached hydrogens (tertiary/aromatic N) is 1. The average Bonchev–Trinajstić information content (AvgIpc) is 3.41. The van der Waals surface area contributed by atoms with E-state index in [1.54, 1.807) is 0 Å². The highest BCUT2D eigenvalue weighted by molar-refractivity contribution is 7.47. The molecule has 0 aliphatic carbocycles. The summed E-state index contributed by atoms with van der Waals surface area (Å²) in [6, 6.07) is -0.801. The van der Waals surface area contributed by atoms with E-state index in [1.165, 1.54) is 20.4 Å². The molecular weight excluding hydrogens is 633 g/mol. The molecule has 1 aromatic rings. The number of methoxy groups -OCH3 is 2. The van der Waals surface area contributed by atoms with E-state index in [-0.39, 0.29) is 19.8 Å². The van der Waals surface area contributed by atoms with Gasteiger partial charge in [-0.15, -0.1) is 0 Å². The van der Waals surface area contributed by atoms with Crippen LogP contribution >= 0.6 is 7.82 Å². The number of carbonyl (C=O) groups is 3. The molecule has 1 fully saturated rings. The zero-order chi connectivity index (χ0) is 33.4. The molecule has 18 nitrogen and oxygen atoms in total. The summed E-state index contributed by atoms with van der Waals surface area (Å²) >= 11 is 0. The molecule has 1 aromatic heterocycles. The van der Waals surface area contributed by atoms with Crippen molar-refractivity contribution in [2.24, 2.45) is 0 Å². The molecule has 19 heteroatoms. The summed E-state index contributed by atoms with van der Waals surface area (Å²) in [7, 11) is -0.911. The van der Waals surface area contributed by atoms with Crippen molar-refractivity contribution in [2.45, 2.75) is 89.7 Å². The van der Waals surface area contributed by atoms with Crippen molar-refractivity contribution in [1.82, 2.24) is 25.5 Å². The summed E-state index contributed by atoms with van der Waals surface area (Å²) < 4.78 is 37.2. The van der Waals surface area contributed by atoms with Crippen LogP contribution in [0.15, 0.2) is 15.8 Å². The average molecular weight is 682 g/mol. The highest BCUT2D eigenvalue weighted by Crippen LogP contribution is 2.47. The Balaban J connectivity index is 0.0000106. The number of aromatic amines is 1. The fourth-order valence-electron chi connectivity index (χ4n) is 4.61. The predicted molar refractivity (Wildman–Crippen MR) is 164 cm³/mol. The van der Waals surface area contributed by atoms with Gasteiger partial charge < -0.3 is 40.2 Å². The summed E-state index contributed by atoms with van der Waals surface area (Å²) in [5.41, 5.74) is -0.948. The number of carbonyl (C=O) groups excluding carboxylic acids is 3. The van der Waals surface area contributed by atoms with E-state index in [0.29, 0.717) is 57.2 Å². The lowest BCUT2D eigenvalue weighted by Crippen LogP contribution is -2.47. The Morgan fingerprint density at radius 1 is 1.04 bits per heavy atom. The Morgan fingerprint density at radius 3 is 2.35 bits per heavy atom. The summed E-state index contributed by atoms with van der Waals surface area (Å²) in [5.74, 6) is -0.357. The number of hydrogen-bond acceptors (Lipinski definition) is 12. The molecular formula is C27H48N5O13P. The van der Waals surface area contributed by atoms with Crippen LogP contribution in [0.25, 0.3) is 0 Å². The monoisotopic (exact) mass is 681 g/mol. The van der Waals surface area contributed by atoms with Gasteiger partial charge in [0, 0.05) is 38.4 Å². The molecule has 1 aliphatic rings. The number of aromatic nitrogens is 2. The van der Waals surface area contributed by atoms with Gasteiger partial charge in [-0.3, -0.25) is 28.2 Å². The second-order valence-corrected chi connectivity index (χ2v) is 11.7. The Morgan fingerprint density at radius 2 is 1.70 bits per heavy atom. The number of aliphatic hydroxyl groups excluding tert-OH is 1. The van der Waals surface area contributed by atoms with Crippen LogP contribution in [-0.2, 0) is 39.0 Å². The van der Waals surface area contributed by atoms with Gasteiger partial charge in [0.25, 0.3) is 5.56 Å². The van der Waals surface area contributed by atoms with E-state index in [2.05, 4.69) is 34.9 Å². The van der Waals surface area contributed by atoms with Gasteiger partial charge >= 0.3 is 25.7 Å². The molecule has 0 aromatic carbocycles. The summed E-state index contributed by atoms with van der Waals surface area (Å²) in [5, 5.41) is 17.5. The molecule has 6 N–H and O–H groups in total. The van der Waals surface area contributed by atoms with Gasteiger partial charge in [0.15, 0.2) is 0 Å². The number of phosphoric acid groups is 1. The quantitative estimate of drug-likeness (QED) is 0.0884. The van der Waals surface area contributed by atoms with Crippen molar-refractivity contribution in [1.29, 1.82) is 0 Å². The molecule has 3 amide bonds. The van der Waals surface area contributed by atoms with Crippen molar-refractivity contribution < 1.29 is 52.2 Å². The molecule has 0 spiro atoms.